The van der Waals surface area contributed by atoms with Crippen molar-refractivity contribution >= 4 is 5.91 Å². The molecule has 0 aliphatic heterocycles. The van der Waals surface area contributed by atoms with Gasteiger partial charge in [-0.1, -0.05) is 13.8 Å². The van der Waals surface area contributed by atoms with E-state index in [1.54, 1.807) is 17.1 Å². The number of pyridine rings is 1. The van der Waals surface area contributed by atoms with Gasteiger partial charge in [0, 0.05) is 37.3 Å². The molecule has 3 rings (SSSR count). The van der Waals surface area contributed by atoms with Crippen LogP contribution in [0.2, 0.25) is 0 Å². The first-order chi connectivity index (χ1) is 12.4. The van der Waals surface area contributed by atoms with Crippen molar-refractivity contribution in [3.63, 3.8) is 0 Å². The zero-order valence-electron chi connectivity index (χ0n) is 15.6. The summed E-state index contributed by atoms with van der Waals surface area (Å²) in [7, 11) is 1.89. The molecule has 0 aromatic carbocycles. The van der Waals surface area contributed by atoms with Crippen LogP contribution in [0.5, 0.6) is 0 Å². The SMILES string of the molecule is CC(C)CC(=O)N[C@@H]1C[C@@H](c2nc(-c3cccnc3)nn2C)CC[C@H]1O. The third kappa shape index (κ3) is 4.27. The van der Waals surface area contributed by atoms with E-state index < -0.39 is 6.10 Å². The number of aryl methyl sites for hydroxylation is 1. The number of amides is 1. The Morgan fingerprint density at radius 3 is 2.92 bits per heavy atom. The Morgan fingerprint density at radius 1 is 1.42 bits per heavy atom. The number of carbonyl (C=O) groups excluding carboxylic acids is 1. The maximum absolute atomic E-state index is 12.1. The lowest BCUT2D eigenvalue weighted by Gasteiger charge is -2.33. The Bertz CT molecular complexity index is 744. The average Bonchev–Trinajstić information content (AvgIpc) is 2.99. The van der Waals surface area contributed by atoms with Gasteiger partial charge < -0.3 is 10.4 Å². The van der Waals surface area contributed by atoms with Crippen LogP contribution >= 0.6 is 0 Å². The molecule has 2 aromatic heterocycles. The van der Waals surface area contributed by atoms with E-state index >= 15 is 0 Å². The monoisotopic (exact) mass is 357 g/mol. The summed E-state index contributed by atoms with van der Waals surface area (Å²) in [5.74, 6) is 2.00. The molecule has 3 atom stereocenters. The second-order valence-electron chi connectivity index (χ2n) is 7.51. The summed E-state index contributed by atoms with van der Waals surface area (Å²) in [6, 6.07) is 3.56. The van der Waals surface area contributed by atoms with Gasteiger partial charge in [-0.3, -0.25) is 14.5 Å². The first kappa shape index (κ1) is 18.5. The lowest BCUT2D eigenvalue weighted by molar-refractivity contribution is -0.123. The van der Waals surface area contributed by atoms with Crippen molar-refractivity contribution < 1.29 is 9.90 Å². The number of rotatable bonds is 5. The second-order valence-corrected chi connectivity index (χ2v) is 7.51. The molecule has 0 bridgehead atoms. The van der Waals surface area contributed by atoms with E-state index in [4.69, 9.17) is 4.98 Å². The summed E-state index contributed by atoms with van der Waals surface area (Å²) in [6.45, 7) is 4.03. The van der Waals surface area contributed by atoms with Gasteiger partial charge in [-0.15, -0.1) is 0 Å². The van der Waals surface area contributed by atoms with Crippen molar-refractivity contribution in [1.82, 2.24) is 25.1 Å². The smallest absolute Gasteiger partial charge is 0.220 e. The number of nitrogens with zero attached hydrogens (tertiary/aromatic N) is 4. The maximum atomic E-state index is 12.1. The predicted molar refractivity (Wildman–Crippen MR) is 98.2 cm³/mol. The Balaban J connectivity index is 1.73. The quantitative estimate of drug-likeness (QED) is 0.854. The van der Waals surface area contributed by atoms with Crippen molar-refractivity contribution in [2.75, 3.05) is 0 Å². The van der Waals surface area contributed by atoms with Gasteiger partial charge in [-0.2, -0.15) is 5.10 Å². The van der Waals surface area contributed by atoms with Crippen LogP contribution in [-0.2, 0) is 11.8 Å². The number of aliphatic hydroxyl groups excluding tert-OH is 1. The molecule has 2 heterocycles. The molecule has 7 heteroatoms. The molecule has 1 aliphatic carbocycles. The molecule has 2 N–H and O–H groups in total. The van der Waals surface area contributed by atoms with Gasteiger partial charge in [0.05, 0.1) is 12.1 Å². The van der Waals surface area contributed by atoms with Crippen LogP contribution < -0.4 is 5.32 Å². The normalized spacial score (nSPS) is 23.2. The second kappa shape index (κ2) is 7.95. The minimum atomic E-state index is -0.506. The summed E-state index contributed by atoms with van der Waals surface area (Å²) in [5.41, 5.74) is 0.881. The Morgan fingerprint density at radius 2 is 2.23 bits per heavy atom. The number of hydrogen-bond acceptors (Lipinski definition) is 5. The number of carbonyl (C=O) groups is 1. The van der Waals surface area contributed by atoms with E-state index in [0.29, 0.717) is 31.0 Å². The summed E-state index contributed by atoms with van der Waals surface area (Å²) in [5, 5.41) is 17.8. The fraction of sp³-hybridized carbons (Fsp3) is 0.579. The lowest BCUT2D eigenvalue weighted by Crippen LogP contribution is -2.47. The topological polar surface area (TPSA) is 92.9 Å². The van der Waals surface area contributed by atoms with E-state index in [-0.39, 0.29) is 17.9 Å². The van der Waals surface area contributed by atoms with Crippen LogP contribution in [0.15, 0.2) is 24.5 Å². The zero-order chi connectivity index (χ0) is 18.7. The minimum Gasteiger partial charge on any atom is -0.391 e. The maximum Gasteiger partial charge on any atom is 0.220 e. The van der Waals surface area contributed by atoms with Gasteiger partial charge in [-0.25, -0.2) is 4.98 Å². The van der Waals surface area contributed by atoms with Crippen LogP contribution in [0.4, 0.5) is 0 Å². The third-order valence-electron chi connectivity index (χ3n) is 4.84. The van der Waals surface area contributed by atoms with Gasteiger partial charge in [0.2, 0.25) is 5.91 Å². The molecule has 0 radical (unpaired) electrons. The molecule has 0 spiro atoms. The van der Waals surface area contributed by atoms with Crippen molar-refractivity contribution in [3.8, 4) is 11.4 Å². The number of aromatic nitrogens is 4. The number of nitrogens with one attached hydrogen (secondary N) is 1. The Labute approximate surface area is 153 Å². The van der Waals surface area contributed by atoms with Crippen molar-refractivity contribution in [3.05, 3.63) is 30.4 Å². The molecule has 1 saturated carbocycles. The highest BCUT2D eigenvalue weighted by Crippen LogP contribution is 2.33. The third-order valence-corrected chi connectivity index (χ3v) is 4.84. The highest BCUT2D eigenvalue weighted by atomic mass is 16.3. The van der Waals surface area contributed by atoms with Gasteiger partial charge in [0.1, 0.15) is 5.82 Å². The van der Waals surface area contributed by atoms with E-state index in [1.807, 2.05) is 33.0 Å². The van der Waals surface area contributed by atoms with Crippen molar-refractivity contribution in [2.45, 2.75) is 57.6 Å². The molecule has 0 saturated heterocycles. The molecule has 1 fully saturated rings. The van der Waals surface area contributed by atoms with Gasteiger partial charge in [0.25, 0.3) is 0 Å². The van der Waals surface area contributed by atoms with Crippen LogP contribution in [0, 0.1) is 5.92 Å². The first-order valence-corrected chi connectivity index (χ1v) is 9.22. The van der Waals surface area contributed by atoms with Crippen LogP contribution in [0.25, 0.3) is 11.4 Å². The minimum absolute atomic E-state index is 0.00119. The van der Waals surface area contributed by atoms with E-state index in [1.165, 1.54) is 0 Å². The van der Waals surface area contributed by atoms with E-state index in [0.717, 1.165) is 17.8 Å². The van der Waals surface area contributed by atoms with E-state index in [9.17, 15) is 9.90 Å². The van der Waals surface area contributed by atoms with Crippen LogP contribution in [0.3, 0.4) is 0 Å². The van der Waals surface area contributed by atoms with Gasteiger partial charge in [-0.05, 0) is 37.3 Å². The highest BCUT2D eigenvalue weighted by molar-refractivity contribution is 5.76. The lowest BCUT2D eigenvalue weighted by atomic mass is 9.83. The average molecular weight is 357 g/mol. The summed E-state index contributed by atoms with van der Waals surface area (Å²) in [6.07, 6.45) is 5.59. The zero-order valence-corrected chi connectivity index (χ0v) is 15.6. The molecular formula is C19H27N5O2. The molecule has 140 valence electrons. The summed E-state index contributed by atoms with van der Waals surface area (Å²) < 4.78 is 1.80. The fourth-order valence-corrected chi connectivity index (χ4v) is 3.55. The van der Waals surface area contributed by atoms with Gasteiger partial charge in [0.15, 0.2) is 5.82 Å². The standard InChI is InChI=1S/C19H27N5O2/c1-12(2)9-17(26)21-15-10-13(6-7-16(15)25)19-22-18(23-24(19)3)14-5-4-8-20-11-14/h4-5,8,11-13,15-16,25H,6-7,9-10H2,1-3H3,(H,21,26)/t13-,15+,16+/m0/s1. The number of aliphatic hydroxyl groups is 1. The van der Waals surface area contributed by atoms with Crippen LogP contribution in [0.1, 0.15) is 51.3 Å². The number of hydrogen-bond donors (Lipinski definition) is 2. The molecular weight excluding hydrogens is 330 g/mol. The fourth-order valence-electron chi connectivity index (χ4n) is 3.55. The van der Waals surface area contributed by atoms with Gasteiger partial charge >= 0.3 is 0 Å². The molecule has 0 unspecified atom stereocenters. The molecule has 1 amide bonds. The first-order valence-electron chi connectivity index (χ1n) is 9.22. The molecule has 26 heavy (non-hydrogen) atoms. The molecule has 2 aromatic rings. The molecule has 1 aliphatic rings. The van der Waals surface area contributed by atoms with E-state index in [2.05, 4.69) is 15.4 Å². The summed E-state index contributed by atoms with van der Waals surface area (Å²) >= 11 is 0. The van der Waals surface area contributed by atoms with Crippen molar-refractivity contribution in [1.29, 1.82) is 0 Å². The Kier molecular flexibility index (Phi) is 5.66. The Hall–Kier alpha value is -2.28. The van der Waals surface area contributed by atoms with Crippen LogP contribution in [-0.4, -0.2) is 42.9 Å². The highest BCUT2D eigenvalue weighted by Gasteiger charge is 2.33. The summed E-state index contributed by atoms with van der Waals surface area (Å²) in [4.78, 5) is 20.9. The largest absolute Gasteiger partial charge is 0.391 e. The predicted octanol–water partition coefficient (Wildman–Crippen LogP) is 2.04. The van der Waals surface area contributed by atoms with Crippen molar-refractivity contribution in [2.24, 2.45) is 13.0 Å². The molecule has 7 nitrogen and oxygen atoms in total.